The predicted molar refractivity (Wildman–Crippen MR) is 108 cm³/mol. The van der Waals surface area contributed by atoms with Crippen LogP contribution in [0.5, 0.6) is 0 Å². The van der Waals surface area contributed by atoms with Gasteiger partial charge in [0, 0.05) is 12.8 Å². The monoisotopic (exact) mass is 412 g/mol. The molecule has 0 aromatic heterocycles. The summed E-state index contributed by atoms with van der Waals surface area (Å²) in [6.45, 7) is 0. The van der Waals surface area contributed by atoms with E-state index in [9.17, 15) is 29.7 Å². The maximum Gasteiger partial charge on any atom is 0.240 e. The summed E-state index contributed by atoms with van der Waals surface area (Å²) in [5, 5.41) is 20.0. The second-order valence-corrected chi connectivity index (χ2v) is 7.41. The molecule has 2 aromatic rings. The van der Waals surface area contributed by atoms with Gasteiger partial charge in [0.15, 0.2) is 5.41 Å². The number of imide groups is 2. The molecule has 0 saturated carbocycles. The standard InChI is InChI=1S/C23H16N4O4/c24-13-23(14-25,17-11-19(28)26(21(17)30)15-7-3-1-4-8-15)18-12-20(29)27(22(18)31)16-9-5-2-6-10-16/h1-10,17-18H,11-12H2/t17-,18-/m0/s1. The second-order valence-electron chi connectivity index (χ2n) is 7.41. The van der Waals surface area contributed by atoms with Crippen LogP contribution in [0.4, 0.5) is 11.4 Å². The number of anilines is 2. The maximum absolute atomic E-state index is 13.2. The van der Waals surface area contributed by atoms with Crippen molar-refractivity contribution in [1.82, 2.24) is 0 Å². The van der Waals surface area contributed by atoms with E-state index in [0.29, 0.717) is 11.4 Å². The first-order valence-electron chi connectivity index (χ1n) is 9.61. The number of hydrogen-bond donors (Lipinski definition) is 0. The minimum atomic E-state index is -2.15. The smallest absolute Gasteiger partial charge is 0.240 e. The first kappa shape index (κ1) is 20.0. The Kier molecular flexibility index (Phi) is 4.84. The molecule has 0 N–H and O–H groups in total. The van der Waals surface area contributed by atoms with Crippen molar-refractivity contribution in [3.63, 3.8) is 0 Å². The van der Waals surface area contributed by atoms with Crippen LogP contribution < -0.4 is 9.80 Å². The molecular weight excluding hydrogens is 396 g/mol. The van der Waals surface area contributed by atoms with E-state index in [1.54, 1.807) is 60.7 Å². The number of nitrogens with zero attached hydrogens (tertiary/aromatic N) is 4. The summed E-state index contributed by atoms with van der Waals surface area (Å²) < 4.78 is 0. The van der Waals surface area contributed by atoms with Crippen LogP contribution in [0.2, 0.25) is 0 Å². The van der Waals surface area contributed by atoms with Gasteiger partial charge in [-0.2, -0.15) is 10.5 Å². The summed E-state index contributed by atoms with van der Waals surface area (Å²) in [4.78, 5) is 53.5. The minimum Gasteiger partial charge on any atom is -0.274 e. The van der Waals surface area contributed by atoms with Gasteiger partial charge < -0.3 is 0 Å². The zero-order valence-corrected chi connectivity index (χ0v) is 16.3. The molecule has 2 aliphatic heterocycles. The van der Waals surface area contributed by atoms with E-state index in [1.165, 1.54) is 0 Å². The molecule has 8 heteroatoms. The summed E-state index contributed by atoms with van der Waals surface area (Å²) >= 11 is 0. The fraction of sp³-hybridized carbons (Fsp3) is 0.217. The molecule has 2 fully saturated rings. The average molecular weight is 412 g/mol. The number of amides is 4. The molecule has 2 atom stereocenters. The highest BCUT2D eigenvalue weighted by Crippen LogP contribution is 2.47. The summed E-state index contributed by atoms with van der Waals surface area (Å²) in [5.41, 5.74) is -1.50. The van der Waals surface area contributed by atoms with Gasteiger partial charge >= 0.3 is 0 Å². The van der Waals surface area contributed by atoms with Gasteiger partial charge in [-0.25, -0.2) is 0 Å². The molecule has 2 heterocycles. The van der Waals surface area contributed by atoms with Crippen LogP contribution in [0.25, 0.3) is 0 Å². The molecule has 0 bridgehead atoms. The average Bonchev–Trinajstić information content (AvgIpc) is 3.26. The third kappa shape index (κ3) is 2.97. The van der Waals surface area contributed by atoms with Crippen molar-refractivity contribution in [2.45, 2.75) is 12.8 Å². The Morgan fingerprint density at radius 3 is 1.35 bits per heavy atom. The fourth-order valence-corrected chi connectivity index (χ4v) is 4.25. The van der Waals surface area contributed by atoms with E-state index >= 15 is 0 Å². The van der Waals surface area contributed by atoms with Gasteiger partial charge in [0.1, 0.15) is 0 Å². The number of carbonyl (C=O) groups is 4. The van der Waals surface area contributed by atoms with E-state index in [2.05, 4.69) is 0 Å². The summed E-state index contributed by atoms with van der Waals surface area (Å²) in [6, 6.07) is 20.0. The van der Waals surface area contributed by atoms with E-state index in [-0.39, 0.29) is 0 Å². The fourth-order valence-electron chi connectivity index (χ4n) is 4.25. The van der Waals surface area contributed by atoms with Crippen LogP contribution in [-0.4, -0.2) is 23.6 Å². The molecule has 0 spiro atoms. The lowest BCUT2D eigenvalue weighted by atomic mass is 9.67. The van der Waals surface area contributed by atoms with Crippen molar-refractivity contribution in [3.05, 3.63) is 60.7 Å². The third-order valence-electron chi connectivity index (χ3n) is 5.79. The van der Waals surface area contributed by atoms with E-state index in [4.69, 9.17) is 0 Å². The SMILES string of the molecule is N#CC(C#N)([C@H]1CC(=O)N(c2ccccc2)C1=O)[C@H]1CC(=O)N(c2ccccc2)C1=O. The molecule has 31 heavy (non-hydrogen) atoms. The Morgan fingerprint density at radius 2 is 1.03 bits per heavy atom. The Bertz CT molecular complexity index is 1070. The van der Waals surface area contributed by atoms with Crippen molar-refractivity contribution in [1.29, 1.82) is 10.5 Å². The van der Waals surface area contributed by atoms with Gasteiger partial charge in [-0.1, -0.05) is 36.4 Å². The zero-order chi connectivity index (χ0) is 22.2. The lowest BCUT2D eigenvalue weighted by Gasteiger charge is -2.28. The molecule has 0 radical (unpaired) electrons. The zero-order valence-electron chi connectivity index (χ0n) is 16.3. The van der Waals surface area contributed by atoms with Gasteiger partial charge in [-0.3, -0.25) is 29.0 Å². The summed E-state index contributed by atoms with van der Waals surface area (Å²) in [6.07, 6.45) is -0.781. The molecule has 2 saturated heterocycles. The van der Waals surface area contributed by atoms with Crippen molar-refractivity contribution in [2.24, 2.45) is 17.3 Å². The van der Waals surface area contributed by atoms with Crippen molar-refractivity contribution < 1.29 is 19.2 Å². The van der Waals surface area contributed by atoms with Crippen molar-refractivity contribution in [3.8, 4) is 12.1 Å². The Balaban J connectivity index is 1.72. The van der Waals surface area contributed by atoms with Gasteiger partial charge in [0.05, 0.1) is 35.3 Å². The number of rotatable bonds is 4. The molecule has 2 aliphatic rings. The lowest BCUT2D eigenvalue weighted by molar-refractivity contribution is -0.126. The Labute approximate surface area is 177 Å². The minimum absolute atomic E-state index is 0.324. The third-order valence-corrected chi connectivity index (χ3v) is 5.79. The quantitative estimate of drug-likeness (QED) is 0.709. The first-order chi connectivity index (χ1) is 14.9. The second kappa shape index (κ2) is 7.51. The number of benzene rings is 2. The largest absolute Gasteiger partial charge is 0.274 e. The Morgan fingerprint density at radius 1 is 0.677 bits per heavy atom. The highest BCUT2D eigenvalue weighted by molar-refractivity contribution is 6.23. The summed E-state index contributed by atoms with van der Waals surface area (Å²) in [5.74, 6) is -5.28. The first-order valence-corrected chi connectivity index (χ1v) is 9.61. The van der Waals surface area contributed by atoms with Crippen LogP contribution >= 0.6 is 0 Å². The topological polar surface area (TPSA) is 122 Å². The number of nitriles is 2. The molecule has 8 nitrogen and oxygen atoms in total. The van der Waals surface area contributed by atoms with Gasteiger partial charge in [0.2, 0.25) is 23.6 Å². The van der Waals surface area contributed by atoms with Crippen molar-refractivity contribution in [2.75, 3.05) is 9.80 Å². The normalized spacial score (nSPS) is 21.4. The summed E-state index contributed by atoms with van der Waals surface area (Å²) in [7, 11) is 0. The maximum atomic E-state index is 13.2. The van der Waals surface area contributed by atoms with Crippen LogP contribution in [0.1, 0.15) is 12.8 Å². The van der Waals surface area contributed by atoms with Crippen LogP contribution in [-0.2, 0) is 19.2 Å². The van der Waals surface area contributed by atoms with E-state index < -0.39 is 53.7 Å². The lowest BCUT2D eigenvalue weighted by Crippen LogP contribution is -2.44. The molecule has 0 unspecified atom stereocenters. The molecule has 2 aromatic carbocycles. The van der Waals surface area contributed by atoms with E-state index in [1.807, 2.05) is 12.1 Å². The van der Waals surface area contributed by atoms with Crippen LogP contribution in [0.3, 0.4) is 0 Å². The van der Waals surface area contributed by atoms with Crippen LogP contribution in [0.15, 0.2) is 60.7 Å². The number of hydrogen-bond acceptors (Lipinski definition) is 6. The van der Waals surface area contributed by atoms with Gasteiger partial charge in [-0.15, -0.1) is 0 Å². The molecule has 152 valence electrons. The van der Waals surface area contributed by atoms with Gasteiger partial charge in [0.25, 0.3) is 0 Å². The predicted octanol–water partition coefficient (Wildman–Crippen LogP) is 2.18. The van der Waals surface area contributed by atoms with Gasteiger partial charge in [-0.05, 0) is 24.3 Å². The number of carbonyl (C=O) groups excluding carboxylic acids is 4. The van der Waals surface area contributed by atoms with E-state index in [0.717, 1.165) is 9.80 Å². The molecule has 4 rings (SSSR count). The highest BCUT2D eigenvalue weighted by Gasteiger charge is 2.61. The Hall–Kier alpha value is -4.30. The molecular formula is C23H16N4O4. The molecule has 4 amide bonds. The van der Waals surface area contributed by atoms with Crippen molar-refractivity contribution >= 4 is 35.0 Å². The molecule has 0 aliphatic carbocycles. The highest BCUT2D eigenvalue weighted by atomic mass is 16.2. The van der Waals surface area contributed by atoms with Crippen LogP contribution in [0, 0.1) is 39.9 Å². The number of para-hydroxylation sites is 2.